The number of nitrogens with two attached hydrogens (primary N) is 1. The molecule has 3 aromatic rings. The molecule has 0 amide bonds. The Bertz CT molecular complexity index is 1320. The SMILES string of the molecule is CN1CCC(n2nnc(-c3cc4c(cc3F)S(=O)(=O)C[C@H](N)CN4Cc3ccc(Cl)cc3)n2)C1. The molecule has 12 heteroatoms. The second-order valence-corrected chi connectivity index (χ2v) is 11.4. The smallest absolute Gasteiger partial charge is 0.207 e. The average Bonchev–Trinajstić information content (AvgIpc) is 3.41. The second kappa shape index (κ2) is 8.88. The number of halogens is 2. The monoisotopic (exact) mass is 505 g/mol. The van der Waals surface area contributed by atoms with Crippen LogP contribution in [-0.2, 0) is 16.4 Å². The van der Waals surface area contributed by atoms with Crippen LogP contribution in [0.3, 0.4) is 0 Å². The van der Waals surface area contributed by atoms with Crippen LogP contribution in [0.15, 0.2) is 41.3 Å². The van der Waals surface area contributed by atoms with Crippen LogP contribution in [0.2, 0.25) is 5.02 Å². The van der Waals surface area contributed by atoms with Gasteiger partial charge in [0.1, 0.15) is 5.82 Å². The van der Waals surface area contributed by atoms with Crippen molar-refractivity contribution in [1.29, 1.82) is 0 Å². The highest BCUT2D eigenvalue weighted by Crippen LogP contribution is 2.36. The molecule has 1 aromatic heterocycles. The molecular formula is C22H25ClFN7O2S. The molecule has 1 fully saturated rings. The third-order valence-electron chi connectivity index (χ3n) is 6.26. The number of hydrogen-bond donors (Lipinski definition) is 1. The van der Waals surface area contributed by atoms with Gasteiger partial charge < -0.3 is 15.5 Å². The van der Waals surface area contributed by atoms with Crippen LogP contribution in [0.25, 0.3) is 11.4 Å². The number of anilines is 1. The van der Waals surface area contributed by atoms with Gasteiger partial charge in [0, 0.05) is 37.2 Å². The molecule has 0 radical (unpaired) electrons. The lowest BCUT2D eigenvalue weighted by molar-refractivity contribution is 0.360. The summed E-state index contributed by atoms with van der Waals surface area (Å²) in [5.74, 6) is -0.862. The first-order valence-corrected chi connectivity index (χ1v) is 13.0. The van der Waals surface area contributed by atoms with E-state index in [-0.39, 0.29) is 34.6 Å². The average molecular weight is 506 g/mol. The standard InChI is InChI=1S/C22H25ClFN7O2S/c1-29-7-6-17(12-29)31-27-22(26-28-31)18-8-20-21(9-19(18)24)34(32,33)13-16(25)11-30(20)10-14-2-4-15(23)5-3-14/h2-5,8-9,16-17H,6-7,10-13,25H2,1H3/t16-,17?/m1/s1. The van der Waals surface area contributed by atoms with E-state index in [0.717, 1.165) is 31.1 Å². The van der Waals surface area contributed by atoms with Crippen LogP contribution in [0.5, 0.6) is 0 Å². The highest BCUT2D eigenvalue weighted by molar-refractivity contribution is 7.91. The van der Waals surface area contributed by atoms with Crippen LogP contribution in [0, 0.1) is 5.82 Å². The molecule has 2 N–H and O–H groups in total. The number of sulfone groups is 1. The van der Waals surface area contributed by atoms with Gasteiger partial charge in [-0.1, -0.05) is 23.7 Å². The molecule has 180 valence electrons. The first-order valence-electron chi connectivity index (χ1n) is 11.0. The van der Waals surface area contributed by atoms with E-state index in [1.165, 1.54) is 10.9 Å². The van der Waals surface area contributed by atoms with Crippen LogP contribution < -0.4 is 10.6 Å². The van der Waals surface area contributed by atoms with E-state index in [2.05, 4.69) is 20.3 Å². The van der Waals surface area contributed by atoms with Gasteiger partial charge >= 0.3 is 0 Å². The van der Waals surface area contributed by atoms with Crippen LogP contribution >= 0.6 is 11.6 Å². The minimum Gasteiger partial charge on any atom is -0.365 e. The van der Waals surface area contributed by atoms with Gasteiger partial charge in [0.25, 0.3) is 0 Å². The maximum atomic E-state index is 15.2. The predicted molar refractivity (Wildman–Crippen MR) is 127 cm³/mol. The number of tetrazole rings is 1. The summed E-state index contributed by atoms with van der Waals surface area (Å²) in [5.41, 5.74) is 7.54. The first-order chi connectivity index (χ1) is 16.2. The fraction of sp³-hybridized carbons (Fsp3) is 0.409. The van der Waals surface area contributed by atoms with Crippen molar-refractivity contribution in [2.24, 2.45) is 5.73 Å². The number of fused-ring (bicyclic) bond motifs is 1. The Morgan fingerprint density at radius 3 is 2.68 bits per heavy atom. The Morgan fingerprint density at radius 2 is 1.97 bits per heavy atom. The summed E-state index contributed by atoms with van der Waals surface area (Å²) in [6, 6.07) is 9.25. The number of benzene rings is 2. The molecule has 1 saturated heterocycles. The molecule has 1 unspecified atom stereocenters. The first kappa shape index (κ1) is 23.2. The van der Waals surface area contributed by atoms with E-state index < -0.39 is 21.7 Å². The molecule has 0 spiro atoms. The molecule has 34 heavy (non-hydrogen) atoms. The molecule has 0 saturated carbocycles. The Kier molecular flexibility index (Phi) is 6.05. The Hall–Kier alpha value is -2.60. The van der Waals surface area contributed by atoms with Crippen molar-refractivity contribution in [3.63, 3.8) is 0 Å². The maximum Gasteiger partial charge on any atom is 0.207 e. The molecule has 0 bridgehead atoms. The van der Waals surface area contributed by atoms with Gasteiger partial charge in [-0.05, 0) is 48.5 Å². The Morgan fingerprint density at radius 1 is 1.21 bits per heavy atom. The molecule has 2 atom stereocenters. The molecule has 3 heterocycles. The number of likely N-dealkylation sites (tertiary alicyclic amines) is 1. The zero-order valence-corrected chi connectivity index (χ0v) is 20.2. The van der Waals surface area contributed by atoms with E-state index in [1.807, 2.05) is 24.1 Å². The van der Waals surface area contributed by atoms with Crippen molar-refractivity contribution in [3.05, 3.63) is 52.8 Å². The molecule has 2 aromatic carbocycles. The van der Waals surface area contributed by atoms with Gasteiger partial charge in [-0.15, -0.1) is 10.2 Å². The largest absolute Gasteiger partial charge is 0.365 e. The van der Waals surface area contributed by atoms with Gasteiger partial charge in [0.05, 0.1) is 27.9 Å². The third-order valence-corrected chi connectivity index (χ3v) is 8.38. The van der Waals surface area contributed by atoms with Gasteiger partial charge in [-0.2, -0.15) is 4.80 Å². The summed E-state index contributed by atoms with van der Waals surface area (Å²) in [5, 5.41) is 13.2. The summed E-state index contributed by atoms with van der Waals surface area (Å²) in [7, 11) is -1.77. The highest BCUT2D eigenvalue weighted by Gasteiger charge is 2.33. The Balaban J connectivity index is 1.56. The van der Waals surface area contributed by atoms with Gasteiger partial charge in [0.15, 0.2) is 9.84 Å². The lowest BCUT2D eigenvalue weighted by Crippen LogP contribution is -2.39. The van der Waals surface area contributed by atoms with Crippen molar-refractivity contribution in [1.82, 2.24) is 25.1 Å². The summed E-state index contributed by atoms with van der Waals surface area (Å²) in [6.45, 7) is 2.38. The predicted octanol–water partition coefficient (Wildman–Crippen LogP) is 2.13. The molecule has 5 rings (SSSR count). The van der Waals surface area contributed by atoms with Crippen molar-refractivity contribution in [3.8, 4) is 11.4 Å². The number of aromatic nitrogens is 4. The Labute approximate surface area is 202 Å². The molecular weight excluding hydrogens is 481 g/mol. The van der Waals surface area contributed by atoms with E-state index in [0.29, 0.717) is 17.3 Å². The van der Waals surface area contributed by atoms with Crippen LogP contribution in [-0.4, -0.2) is 72.0 Å². The fourth-order valence-corrected chi connectivity index (χ4v) is 6.33. The van der Waals surface area contributed by atoms with Gasteiger partial charge in [-0.3, -0.25) is 0 Å². The zero-order chi connectivity index (χ0) is 24.0. The maximum absolute atomic E-state index is 15.2. The fourth-order valence-electron chi connectivity index (χ4n) is 4.56. The van der Waals surface area contributed by atoms with E-state index in [4.69, 9.17) is 17.3 Å². The third kappa shape index (κ3) is 4.52. The van der Waals surface area contributed by atoms with E-state index in [9.17, 15) is 8.42 Å². The minimum atomic E-state index is -3.79. The summed E-state index contributed by atoms with van der Waals surface area (Å²) < 4.78 is 41.3. The van der Waals surface area contributed by atoms with Gasteiger partial charge in [-0.25, -0.2) is 12.8 Å². The summed E-state index contributed by atoms with van der Waals surface area (Å²) in [6.07, 6.45) is 0.879. The second-order valence-electron chi connectivity index (χ2n) is 8.99. The molecule has 2 aliphatic rings. The number of hydrogen-bond acceptors (Lipinski definition) is 8. The van der Waals surface area contributed by atoms with Crippen LogP contribution in [0.4, 0.5) is 10.1 Å². The lowest BCUT2D eigenvalue weighted by Gasteiger charge is -2.26. The lowest BCUT2D eigenvalue weighted by atomic mass is 10.1. The van der Waals surface area contributed by atoms with Crippen molar-refractivity contribution in [2.45, 2.75) is 29.9 Å². The van der Waals surface area contributed by atoms with E-state index in [1.54, 1.807) is 12.1 Å². The summed E-state index contributed by atoms with van der Waals surface area (Å²) in [4.78, 5) is 5.45. The highest BCUT2D eigenvalue weighted by atomic mass is 35.5. The number of rotatable bonds is 4. The molecule has 0 aliphatic carbocycles. The quantitative estimate of drug-likeness (QED) is 0.574. The topological polar surface area (TPSA) is 110 Å². The van der Waals surface area contributed by atoms with Crippen molar-refractivity contribution >= 4 is 27.1 Å². The van der Waals surface area contributed by atoms with Gasteiger partial charge in [0.2, 0.25) is 5.82 Å². The molecule has 2 aliphatic heterocycles. The number of likely N-dealkylation sites (N-methyl/N-ethyl adjacent to an activating group) is 1. The van der Waals surface area contributed by atoms with Crippen LogP contribution in [0.1, 0.15) is 18.0 Å². The normalized spacial score (nSPS) is 22.5. The molecule has 9 nitrogen and oxygen atoms in total. The minimum absolute atomic E-state index is 0.0647. The van der Waals surface area contributed by atoms with E-state index >= 15 is 4.39 Å². The summed E-state index contributed by atoms with van der Waals surface area (Å²) >= 11 is 6.01. The number of nitrogens with zero attached hydrogens (tertiary/aromatic N) is 6. The van der Waals surface area contributed by atoms with Crippen molar-refractivity contribution in [2.75, 3.05) is 37.3 Å². The van der Waals surface area contributed by atoms with Crippen molar-refractivity contribution < 1.29 is 12.8 Å². The zero-order valence-electron chi connectivity index (χ0n) is 18.6.